The van der Waals surface area contributed by atoms with Gasteiger partial charge in [0.05, 0.1) is 5.56 Å². The fraction of sp³-hybridized carbons (Fsp3) is 0.333. The summed E-state index contributed by atoms with van der Waals surface area (Å²) in [5.41, 5.74) is 0.461. The van der Waals surface area contributed by atoms with Gasteiger partial charge in [-0.1, -0.05) is 37.2 Å². The van der Waals surface area contributed by atoms with E-state index in [0.717, 1.165) is 18.6 Å². The van der Waals surface area contributed by atoms with Crippen LogP contribution in [0.3, 0.4) is 0 Å². The summed E-state index contributed by atoms with van der Waals surface area (Å²) in [6, 6.07) is 6.55. The summed E-state index contributed by atoms with van der Waals surface area (Å²) in [6.07, 6.45) is 2.28. The van der Waals surface area contributed by atoms with E-state index in [-0.39, 0.29) is 5.82 Å². The Labute approximate surface area is 104 Å². The Morgan fingerprint density at radius 2 is 2.18 bits per heavy atom. The molecule has 1 aromatic heterocycles. The molecule has 0 bridgehead atoms. The molecule has 5 heteroatoms. The molecular weight excluding hydrogens is 237 g/mol. The van der Waals surface area contributed by atoms with E-state index in [1.165, 1.54) is 6.07 Å². The van der Waals surface area contributed by atoms with Crippen LogP contribution in [-0.4, -0.2) is 20.9 Å². The maximum Gasteiger partial charge on any atom is 0.208 e. The quantitative estimate of drug-likeness (QED) is 0.653. The van der Waals surface area contributed by atoms with Crippen molar-refractivity contribution in [1.82, 2.24) is 15.2 Å². The van der Waals surface area contributed by atoms with Crippen LogP contribution in [0.5, 0.6) is 0 Å². The molecule has 0 atom stereocenters. The molecule has 2 aromatic rings. The maximum atomic E-state index is 13.5. The molecule has 0 spiro atoms. The number of H-pyrrole nitrogens is 1. The highest BCUT2D eigenvalue weighted by atomic mass is 32.2. The molecule has 0 saturated carbocycles. The highest BCUT2D eigenvalue weighted by Gasteiger charge is 2.09. The molecule has 0 radical (unpaired) electrons. The number of nitrogens with one attached hydrogen (secondary N) is 1. The normalized spacial score (nSPS) is 10.7. The fourth-order valence-corrected chi connectivity index (χ4v) is 2.27. The lowest BCUT2D eigenvalue weighted by molar-refractivity contribution is 0.630. The number of rotatable bonds is 5. The first-order valence-corrected chi connectivity index (χ1v) is 6.60. The minimum absolute atomic E-state index is 0.284. The molecule has 17 heavy (non-hydrogen) atoms. The van der Waals surface area contributed by atoms with Crippen LogP contribution in [0.15, 0.2) is 29.4 Å². The molecule has 0 saturated heterocycles. The van der Waals surface area contributed by atoms with Crippen molar-refractivity contribution in [2.24, 2.45) is 0 Å². The summed E-state index contributed by atoms with van der Waals surface area (Å²) in [5.74, 6) is 1.20. The van der Waals surface area contributed by atoms with Crippen molar-refractivity contribution in [2.75, 3.05) is 5.75 Å². The molecule has 3 nitrogen and oxygen atoms in total. The zero-order valence-electron chi connectivity index (χ0n) is 9.61. The highest BCUT2D eigenvalue weighted by molar-refractivity contribution is 7.99. The molecule has 1 heterocycles. The molecule has 0 aliphatic heterocycles. The van der Waals surface area contributed by atoms with Gasteiger partial charge in [0.2, 0.25) is 5.16 Å². The van der Waals surface area contributed by atoms with E-state index in [4.69, 9.17) is 0 Å². The van der Waals surface area contributed by atoms with Crippen LogP contribution in [-0.2, 0) is 0 Å². The molecular formula is C12H14FN3S. The predicted octanol–water partition coefficient (Wildman–Crippen LogP) is 3.50. The van der Waals surface area contributed by atoms with E-state index in [1.54, 1.807) is 30.0 Å². The summed E-state index contributed by atoms with van der Waals surface area (Å²) in [6.45, 7) is 2.14. The Morgan fingerprint density at radius 1 is 1.35 bits per heavy atom. The van der Waals surface area contributed by atoms with Gasteiger partial charge in [0, 0.05) is 5.75 Å². The number of aromatic nitrogens is 3. The summed E-state index contributed by atoms with van der Waals surface area (Å²) in [4.78, 5) is 4.27. The van der Waals surface area contributed by atoms with Gasteiger partial charge in [0.15, 0.2) is 5.82 Å². The van der Waals surface area contributed by atoms with Crippen LogP contribution < -0.4 is 0 Å². The van der Waals surface area contributed by atoms with Crippen LogP contribution >= 0.6 is 11.8 Å². The van der Waals surface area contributed by atoms with Gasteiger partial charge in [-0.2, -0.15) is 0 Å². The molecule has 90 valence electrons. The van der Waals surface area contributed by atoms with Gasteiger partial charge >= 0.3 is 0 Å². The molecule has 0 unspecified atom stereocenters. The Kier molecular flexibility index (Phi) is 4.14. The molecule has 0 aliphatic rings. The second-order valence-corrected chi connectivity index (χ2v) is 4.71. The van der Waals surface area contributed by atoms with Crippen molar-refractivity contribution in [3.63, 3.8) is 0 Å². The molecule has 1 aromatic carbocycles. The lowest BCUT2D eigenvalue weighted by Crippen LogP contribution is -1.85. The van der Waals surface area contributed by atoms with Crippen LogP contribution in [0.25, 0.3) is 11.4 Å². The third-order valence-electron chi connectivity index (χ3n) is 2.32. The lowest BCUT2D eigenvalue weighted by atomic mass is 10.2. The van der Waals surface area contributed by atoms with E-state index in [1.807, 2.05) is 0 Å². The van der Waals surface area contributed by atoms with Gasteiger partial charge in [0.1, 0.15) is 5.82 Å². The van der Waals surface area contributed by atoms with E-state index in [9.17, 15) is 4.39 Å². The van der Waals surface area contributed by atoms with Crippen molar-refractivity contribution in [2.45, 2.75) is 24.9 Å². The van der Waals surface area contributed by atoms with Gasteiger partial charge in [-0.15, -0.1) is 5.10 Å². The average molecular weight is 251 g/mol. The van der Waals surface area contributed by atoms with Gasteiger partial charge in [-0.25, -0.2) is 9.37 Å². The third-order valence-corrected chi connectivity index (χ3v) is 3.26. The van der Waals surface area contributed by atoms with Gasteiger partial charge in [-0.3, -0.25) is 5.10 Å². The number of thioether (sulfide) groups is 1. The van der Waals surface area contributed by atoms with Crippen molar-refractivity contribution >= 4 is 11.8 Å². The predicted molar refractivity (Wildman–Crippen MR) is 67.4 cm³/mol. The van der Waals surface area contributed by atoms with E-state index < -0.39 is 0 Å². The Morgan fingerprint density at radius 3 is 2.94 bits per heavy atom. The molecule has 0 amide bonds. The van der Waals surface area contributed by atoms with Crippen LogP contribution in [0.4, 0.5) is 4.39 Å². The minimum atomic E-state index is -0.284. The van der Waals surface area contributed by atoms with E-state index in [2.05, 4.69) is 22.1 Å². The number of hydrogen-bond donors (Lipinski definition) is 1. The zero-order valence-corrected chi connectivity index (χ0v) is 10.4. The topological polar surface area (TPSA) is 41.6 Å². The molecule has 0 fully saturated rings. The monoisotopic (exact) mass is 251 g/mol. The van der Waals surface area contributed by atoms with Gasteiger partial charge in [-0.05, 0) is 18.6 Å². The first-order valence-electron chi connectivity index (χ1n) is 5.61. The smallest absolute Gasteiger partial charge is 0.208 e. The van der Waals surface area contributed by atoms with E-state index >= 15 is 0 Å². The maximum absolute atomic E-state index is 13.5. The van der Waals surface area contributed by atoms with Gasteiger partial charge in [0.25, 0.3) is 0 Å². The van der Waals surface area contributed by atoms with Crippen LogP contribution in [0.1, 0.15) is 19.8 Å². The third kappa shape index (κ3) is 3.06. The highest BCUT2D eigenvalue weighted by Crippen LogP contribution is 2.21. The number of aromatic amines is 1. The first-order chi connectivity index (χ1) is 8.31. The minimum Gasteiger partial charge on any atom is -0.258 e. The number of hydrogen-bond acceptors (Lipinski definition) is 3. The second kappa shape index (κ2) is 5.82. The Hall–Kier alpha value is -1.36. The van der Waals surface area contributed by atoms with Crippen LogP contribution in [0, 0.1) is 5.82 Å². The van der Waals surface area contributed by atoms with Crippen LogP contribution in [0.2, 0.25) is 0 Å². The standard InChI is InChI=1S/C12H14FN3S/c1-2-3-8-17-12-14-11(15-16-12)9-6-4-5-7-10(9)13/h4-7H,2-3,8H2,1H3,(H,14,15,16). The number of unbranched alkanes of at least 4 members (excludes halogenated alkanes) is 1. The number of benzene rings is 1. The Balaban J connectivity index is 2.10. The second-order valence-electron chi connectivity index (χ2n) is 3.65. The van der Waals surface area contributed by atoms with Crippen molar-refractivity contribution < 1.29 is 4.39 Å². The zero-order chi connectivity index (χ0) is 12.1. The first kappa shape index (κ1) is 12.1. The summed E-state index contributed by atoms with van der Waals surface area (Å²) < 4.78 is 13.5. The van der Waals surface area contributed by atoms with E-state index in [0.29, 0.717) is 16.5 Å². The average Bonchev–Trinajstić information content (AvgIpc) is 2.79. The molecule has 1 N–H and O–H groups in total. The van der Waals surface area contributed by atoms with Crippen molar-refractivity contribution in [3.8, 4) is 11.4 Å². The summed E-state index contributed by atoms with van der Waals surface area (Å²) in [5, 5.41) is 7.51. The fourth-order valence-electron chi connectivity index (χ4n) is 1.39. The van der Waals surface area contributed by atoms with Crippen molar-refractivity contribution in [3.05, 3.63) is 30.1 Å². The lowest BCUT2D eigenvalue weighted by Gasteiger charge is -1.96. The summed E-state index contributed by atoms with van der Waals surface area (Å²) in [7, 11) is 0. The number of nitrogens with zero attached hydrogens (tertiary/aromatic N) is 2. The number of halogens is 1. The molecule has 2 rings (SSSR count). The Bertz CT molecular complexity index is 484. The van der Waals surface area contributed by atoms with Crippen molar-refractivity contribution in [1.29, 1.82) is 0 Å². The molecule has 0 aliphatic carbocycles. The largest absolute Gasteiger partial charge is 0.258 e. The summed E-state index contributed by atoms with van der Waals surface area (Å²) >= 11 is 1.59. The SMILES string of the molecule is CCCCSc1n[nH]c(-c2ccccc2F)n1. The van der Waals surface area contributed by atoms with Gasteiger partial charge < -0.3 is 0 Å².